The Bertz CT molecular complexity index is 377. The molecule has 0 saturated carbocycles. The largest absolute Gasteiger partial charge is 0.460 e. The summed E-state index contributed by atoms with van der Waals surface area (Å²) in [4.78, 5) is 15.5. The zero-order valence-corrected chi connectivity index (χ0v) is 9.40. The minimum Gasteiger partial charge on any atom is -0.460 e. The van der Waals surface area contributed by atoms with Crippen LogP contribution in [0, 0.1) is 0 Å². The number of ether oxygens (including phenoxy) is 2. The van der Waals surface area contributed by atoms with Crippen molar-refractivity contribution in [1.29, 1.82) is 0 Å². The number of nitrogens with one attached hydrogen (secondary N) is 1. The van der Waals surface area contributed by atoms with Crippen molar-refractivity contribution in [3.8, 4) is 0 Å². The highest BCUT2D eigenvalue weighted by atomic mass is 16.5. The van der Waals surface area contributed by atoms with Crippen LogP contribution in [0.15, 0.2) is 0 Å². The molecule has 16 heavy (non-hydrogen) atoms. The summed E-state index contributed by atoms with van der Waals surface area (Å²) in [6, 6.07) is 0. The van der Waals surface area contributed by atoms with Gasteiger partial charge in [-0.1, -0.05) is 0 Å². The Morgan fingerprint density at radius 1 is 1.69 bits per heavy atom. The Balaban J connectivity index is 2.04. The molecule has 0 aliphatic carbocycles. The van der Waals surface area contributed by atoms with Crippen LogP contribution < -0.4 is 0 Å². The molecule has 1 aromatic rings. The first-order valence-electron chi connectivity index (χ1n) is 5.41. The van der Waals surface area contributed by atoms with Gasteiger partial charge < -0.3 is 9.47 Å². The first-order chi connectivity index (χ1) is 7.70. The summed E-state index contributed by atoms with van der Waals surface area (Å²) in [5.41, 5.74) is 0. The molecule has 6 heteroatoms. The maximum Gasteiger partial charge on any atom is 0.378 e. The number of aromatic amines is 1. The first kappa shape index (κ1) is 11.1. The summed E-state index contributed by atoms with van der Waals surface area (Å²) in [7, 11) is 0. The molecular weight excluding hydrogens is 210 g/mol. The third kappa shape index (κ3) is 2.21. The quantitative estimate of drug-likeness (QED) is 0.772. The molecule has 1 fully saturated rings. The van der Waals surface area contributed by atoms with Crippen LogP contribution in [0.1, 0.15) is 42.6 Å². The Morgan fingerprint density at radius 3 is 3.12 bits per heavy atom. The van der Waals surface area contributed by atoms with Gasteiger partial charge in [0.15, 0.2) is 0 Å². The minimum absolute atomic E-state index is 0.0939. The highest BCUT2D eigenvalue weighted by molar-refractivity contribution is 5.84. The molecule has 0 aromatic carbocycles. The summed E-state index contributed by atoms with van der Waals surface area (Å²) in [5.74, 6) is 0.506. The molecule has 1 N–H and O–H groups in total. The number of nitrogens with zero attached hydrogens (tertiary/aromatic N) is 2. The van der Waals surface area contributed by atoms with Gasteiger partial charge in [-0.2, -0.15) is 0 Å². The lowest BCUT2D eigenvalue weighted by atomic mass is 10.1. The highest BCUT2D eigenvalue weighted by Crippen LogP contribution is 2.26. The Labute approximate surface area is 93.4 Å². The number of carbonyl (C=O) groups is 1. The maximum atomic E-state index is 11.3. The molecule has 2 heterocycles. The monoisotopic (exact) mass is 225 g/mol. The fourth-order valence-corrected chi connectivity index (χ4v) is 1.75. The van der Waals surface area contributed by atoms with Crippen LogP contribution in [0.3, 0.4) is 0 Å². The van der Waals surface area contributed by atoms with E-state index >= 15 is 0 Å². The molecule has 0 bridgehead atoms. The summed E-state index contributed by atoms with van der Waals surface area (Å²) in [5, 5.41) is 6.60. The highest BCUT2D eigenvalue weighted by Gasteiger charge is 2.27. The van der Waals surface area contributed by atoms with Gasteiger partial charge in [-0.25, -0.2) is 9.78 Å². The van der Waals surface area contributed by atoms with E-state index < -0.39 is 5.97 Å². The third-order valence-corrected chi connectivity index (χ3v) is 2.55. The lowest BCUT2D eigenvalue weighted by Gasteiger charge is -2.00. The number of esters is 1. The van der Waals surface area contributed by atoms with Gasteiger partial charge >= 0.3 is 5.97 Å². The predicted molar refractivity (Wildman–Crippen MR) is 55.1 cm³/mol. The average Bonchev–Trinajstić information content (AvgIpc) is 2.85. The van der Waals surface area contributed by atoms with Gasteiger partial charge in [0.25, 0.3) is 5.82 Å². The molecular formula is C10H15N3O3. The number of aromatic nitrogens is 3. The standard InChI is InChI=1S/C10H15N3O3/c1-3-15-10(14)9-11-8(12-13-9)7-4-6(2)16-5-7/h6-7H,3-5H2,1-2H3,(H,11,12,13). The van der Waals surface area contributed by atoms with E-state index in [9.17, 15) is 4.79 Å². The summed E-state index contributed by atoms with van der Waals surface area (Å²) in [6.45, 7) is 4.71. The van der Waals surface area contributed by atoms with Gasteiger partial charge in [0, 0.05) is 5.92 Å². The van der Waals surface area contributed by atoms with Gasteiger partial charge in [-0.15, -0.1) is 5.10 Å². The Morgan fingerprint density at radius 2 is 2.50 bits per heavy atom. The van der Waals surface area contributed by atoms with Gasteiger partial charge in [0.2, 0.25) is 0 Å². The molecule has 1 aliphatic heterocycles. The molecule has 1 aliphatic rings. The van der Waals surface area contributed by atoms with E-state index in [0.29, 0.717) is 19.0 Å². The van der Waals surface area contributed by atoms with E-state index in [0.717, 1.165) is 6.42 Å². The van der Waals surface area contributed by atoms with Crippen molar-refractivity contribution in [1.82, 2.24) is 15.2 Å². The predicted octanol–water partition coefficient (Wildman–Crippen LogP) is 0.874. The van der Waals surface area contributed by atoms with Crippen molar-refractivity contribution in [2.24, 2.45) is 0 Å². The topological polar surface area (TPSA) is 77.1 Å². The van der Waals surface area contributed by atoms with Crippen LogP contribution in [-0.4, -0.2) is 40.5 Å². The van der Waals surface area contributed by atoms with Crippen LogP contribution in [0.5, 0.6) is 0 Å². The second-order valence-electron chi connectivity index (χ2n) is 3.84. The Hall–Kier alpha value is -1.43. The van der Waals surface area contributed by atoms with Crippen molar-refractivity contribution in [2.75, 3.05) is 13.2 Å². The van der Waals surface area contributed by atoms with E-state index in [-0.39, 0.29) is 17.8 Å². The zero-order valence-electron chi connectivity index (χ0n) is 9.40. The molecule has 0 radical (unpaired) electrons. The summed E-state index contributed by atoms with van der Waals surface area (Å²) < 4.78 is 10.2. The molecule has 2 unspecified atom stereocenters. The van der Waals surface area contributed by atoms with Gasteiger partial charge in [0.05, 0.1) is 19.3 Å². The van der Waals surface area contributed by atoms with E-state index in [1.165, 1.54) is 0 Å². The molecule has 2 rings (SSSR count). The van der Waals surface area contributed by atoms with E-state index in [1.807, 2.05) is 6.92 Å². The van der Waals surface area contributed by atoms with Gasteiger partial charge in [0.1, 0.15) is 5.82 Å². The maximum absolute atomic E-state index is 11.3. The Kier molecular flexibility index (Phi) is 3.19. The van der Waals surface area contributed by atoms with Crippen molar-refractivity contribution in [3.63, 3.8) is 0 Å². The molecule has 6 nitrogen and oxygen atoms in total. The molecule has 88 valence electrons. The second kappa shape index (κ2) is 4.61. The number of carbonyl (C=O) groups excluding carboxylic acids is 1. The fourth-order valence-electron chi connectivity index (χ4n) is 1.75. The third-order valence-electron chi connectivity index (χ3n) is 2.55. The normalized spacial score (nSPS) is 24.6. The summed E-state index contributed by atoms with van der Waals surface area (Å²) >= 11 is 0. The van der Waals surface area contributed by atoms with E-state index in [2.05, 4.69) is 15.2 Å². The van der Waals surface area contributed by atoms with Crippen LogP contribution >= 0.6 is 0 Å². The van der Waals surface area contributed by atoms with Crippen molar-refractivity contribution in [2.45, 2.75) is 32.3 Å². The average molecular weight is 225 g/mol. The zero-order chi connectivity index (χ0) is 11.5. The molecule has 1 aromatic heterocycles. The van der Waals surface area contributed by atoms with Crippen molar-refractivity contribution in [3.05, 3.63) is 11.6 Å². The van der Waals surface area contributed by atoms with Gasteiger partial charge in [-0.3, -0.25) is 5.10 Å². The lowest BCUT2D eigenvalue weighted by molar-refractivity contribution is 0.0512. The minimum atomic E-state index is -0.489. The van der Waals surface area contributed by atoms with Crippen LogP contribution in [-0.2, 0) is 9.47 Å². The molecule has 0 spiro atoms. The van der Waals surface area contributed by atoms with Crippen LogP contribution in [0.4, 0.5) is 0 Å². The smallest absolute Gasteiger partial charge is 0.378 e. The van der Waals surface area contributed by atoms with Crippen LogP contribution in [0.25, 0.3) is 0 Å². The van der Waals surface area contributed by atoms with Crippen molar-refractivity contribution < 1.29 is 14.3 Å². The first-order valence-corrected chi connectivity index (χ1v) is 5.41. The van der Waals surface area contributed by atoms with Crippen LogP contribution in [0.2, 0.25) is 0 Å². The number of rotatable bonds is 3. The van der Waals surface area contributed by atoms with Gasteiger partial charge in [-0.05, 0) is 20.3 Å². The number of hydrogen-bond donors (Lipinski definition) is 1. The molecule has 1 saturated heterocycles. The van der Waals surface area contributed by atoms with E-state index in [4.69, 9.17) is 9.47 Å². The van der Waals surface area contributed by atoms with Crippen molar-refractivity contribution >= 4 is 5.97 Å². The lowest BCUT2D eigenvalue weighted by Crippen LogP contribution is -2.07. The summed E-state index contributed by atoms with van der Waals surface area (Å²) in [6.07, 6.45) is 1.14. The second-order valence-corrected chi connectivity index (χ2v) is 3.84. The fraction of sp³-hybridized carbons (Fsp3) is 0.700. The SMILES string of the molecule is CCOC(=O)c1n[nH]c(C2COC(C)C2)n1. The van der Waals surface area contributed by atoms with E-state index in [1.54, 1.807) is 6.92 Å². The number of hydrogen-bond acceptors (Lipinski definition) is 5. The number of H-pyrrole nitrogens is 1. The molecule has 2 atom stereocenters. The molecule has 0 amide bonds.